The van der Waals surface area contributed by atoms with Gasteiger partial charge in [-0.3, -0.25) is 9.38 Å². The first-order valence-corrected chi connectivity index (χ1v) is 11.0. The van der Waals surface area contributed by atoms with Gasteiger partial charge >= 0.3 is 0 Å². The highest BCUT2D eigenvalue weighted by molar-refractivity contribution is 5.94. The molecular weight excluding hydrogens is 396 g/mol. The highest BCUT2D eigenvalue weighted by atomic mass is 16.5. The van der Waals surface area contributed by atoms with Crippen LogP contribution < -0.4 is 5.32 Å². The Hall–Kier alpha value is -3.54. The fraction of sp³-hybridized carbons (Fsp3) is 0.185. The molecule has 5 nitrogen and oxygen atoms in total. The van der Waals surface area contributed by atoms with E-state index < -0.39 is 0 Å². The summed E-state index contributed by atoms with van der Waals surface area (Å²) in [6.45, 7) is 4.45. The number of morpholine rings is 1. The third-order valence-corrected chi connectivity index (χ3v) is 6.20. The Labute approximate surface area is 186 Å². The van der Waals surface area contributed by atoms with Crippen LogP contribution in [0.25, 0.3) is 38.9 Å². The number of aromatic nitrogens is 3. The van der Waals surface area contributed by atoms with Crippen molar-refractivity contribution >= 4 is 16.6 Å². The molecule has 4 heterocycles. The minimum atomic E-state index is 0.272. The summed E-state index contributed by atoms with van der Waals surface area (Å²) >= 11 is 0. The zero-order valence-electron chi connectivity index (χ0n) is 18.0. The van der Waals surface area contributed by atoms with E-state index in [1.807, 2.05) is 19.2 Å². The van der Waals surface area contributed by atoms with E-state index >= 15 is 0 Å². The Morgan fingerprint density at radius 1 is 1.00 bits per heavy atom. The first kappa shape index (κ1) is 19.2. The summed E-state index contributed by atoms with van der Waals surface area (Å²) in [6.07, 6.45) is 4.07. The van der Waals surface area contributed by atoms with Crippen LogP contribution in [0, 0.1) is 6.92 Å². The number of pyridine rings is 2. The van der Waals surface area contributed by atoms with Crippen LogP contribution in [0.15, 0.2) is 79.1 Å². The molecule has 0 amide bonds. The van der Waals surface area contributed by atoms with Crippen molar-refractivity contribution in [1.82, 2.24) is 19.7 Å². The fourth-order valence-electron chi connectivity index (χ4n) is 4.57. The van der Waals surface area contributed by atoms with Crippen molar-refractivity contribution in [1.29, 1.82) is 0 Å². The van der Waals surface area contributed by atoms with Crippen LogP contribution in [0.5, 0.6) is 0 Å². The topological polar surface area (TPSA) is 51.5 Å². The van der Waals surface area contributed by atoms with Crippen molar-refractivity contribution in [2.75, 3.05) is 19.8 Å². The number of para-hydroxylation sites is 1. The molecule has 1 fully saturated rings. The lowest BCUT2D eigenvalue weighted by molar-refractivity contribution is 0.0769. The molecule has 158 valence electrons. The number of fused-ring (bicyclic) bond motifs is 2. The molecule has 1 atom stereocenters. The number of benzene rings is 2. The summed E-state index contributed by atoms with van der Waals surface area (Å²) in [5.41, 5.74) is 8.77. The summed E-state index contributed by atoms with van der Waals surface area (Å²) in [7, 11) is 0. The van der Waals surface area contributed by atoms with Gasteiger partial charge < -0.3 is 10.1 Å². The molecule has 2 aromatic carbocycles. The average Bonchev–Trinajstić information content (AvgIpc) is 3.27. The molecule has 0 saturated carbocycles. The molecule has 1 aliphatic rings. The molecule has 0 spiro atoms. The van der Waals surface area contributed by atoms with E-state index in [9.17, 15) is 0 Å². The van der Waals surface area contributed by atoms with E-state index in [2.05, 4.69) is 81.6 Å². The van der Waals surface area contributed by atoms with Crippen LogP contribution >= 0.6 is 0 Å². The molecule has 0 aliphatic carbocycles. The third-order valence-electron chi connectivity index (χ3n) is 6.20. The van der Waals surface area contributed by atoms with Gasteiger partial charge in [0.05, 0.1) is 36.7 Å². The normalized spacial score (nSPS) is 16.6. The van der Waals surface area contributed by atoms with Crippen LogP contribution in [-0.4, -0.2) is 34.1 Å². The zero-order valence-corrected chi connectivity index (χ0v) is 18.0. The minimum Gasteiger partial charge on any atom is -0.378 e. The summed E-state index contributed by atoms with van der Waals surface area (Å²) in [6, 6.07) is 23.7. The van der Waals surface area contributed by atoms with Crippen LogP contribution in [-0.2, 0) is 4.74 Å². The second kappa shape index (κ2) is 7.86. The molecule has 3 aromatic heterocycles. The van der Waals surface area contributed by atoms with Gasteiger partial charge in [0.2, 0.25) is 0 Å². The van der Waals surface area contributed by atoms with Crippen molar-refractivity contribution < 1.29 is 4.74 Å². The van der Waals surface area contributed by atoms with Crippen LogP contribution in [0.3, 0.4) is 0 Å². The maximum absolute atomic E-state index is 5.60. The van der Waals surface area contributed by atoms with E-state index in [1.165, 1.54) is 11.1 Å². The summed E-state index contributed by atoms with van der Waals surface area (Å²) < 4.78 is 7.75. The van der Waals surface area contributed by atoms with Crippen LogP contribution in [0.4, 0.5) is 0 Å². The van der Waals surface area contributed by atoms with Gasteiger partial charge in [-0.05, 0) is 47.9 Å². The Bertz CT molecular complexity index is 1420. The average molecular weight is 421 g/mol. The Balaban J connectivity index is 1.37. The predicted octanol–water partition coefficient (Wildman–Crippen LogP) is 5.19. The monoisotopic (exact) mass is 420 g/mol. The molecule has 1 aliphatic heterocycles. The molecule has 6 rings (SSSR count). The lowest BCUT2D eigenvalue weighted by atomic mass is 10.0. The largest absolute Gasteiger partial charge is 0.378 e. The SMILES string of the molecule is Cc1cc(-c2cnc3cc(-c4ccc(C5COCCN5)cc4)ccn23)c2ccccc2n1. The number of hydrogen-bond donors (Lipinski definition) is 1. The number of nitrogens with one attached hydrogen (secondary N) is 1. The highest BCUT2D eigenvalue weighted by Crippen LogP contribution is 2.31. The van der Waals surface area contributed by atoms with Crippen molar-refractivity contribution in [3.63, 3.8) is 0 Å². The third kappa shape index (κ3) is 3.36. The second-order valence-electron chi connectivity index (χ2n) is 8.32. The molecule has 5 heteroatoms. The molecule has 1 saturated heterocycles. The quantitative estimate of drug-likeness (QED) is 0.437. The summed E-state index contributed by atoms with van der Waals surface area (Å²) in [5, 5.41) is 4.65. The molecule has 1 N–H and O–H groups in total. The smallest absolute Gasteiger partial charge is 0.137 e. The number of hydrogen-bond acceptors (Lipinski definition) is 4. The Morgan fingerprint density at radius 2 is 1.88 bits per heavy atom. The summed E-state index contributed by atoms with van der Waals surface area (Å²) in [4.78, 5) is 9.40. The molecule has 32 heavy (non-hydrogen) atoms. The van der Waals surface area contributed by atoms with E-state index in [0.29, 0.717) is 0 Å². The second-order valence-corrected chi connectivity index (χ2v) is 8.32. The fourth-order valence-corrected chi connectivity index (χ4v) is 4.57. The van der Waals surface area contributed by atoms with E-state index in [-0.39, 0.29) is 6.04 Å². The van der Waals surface area contributed by atoms with Gasteiger partial charge in [-0.1, -0.05) is 42.5 Å². The van der Waals surface area contributed by atoms with E-state index in [0.717, 1.165) is 58.8 Å². The maximum atomic E-state index is 5.60. The van der Waals surface area contributed by atoms with Gasteiger partial charge in [-0.2, -0.15) is 0 Å². The minimum absolute atomic E-state index is 0.272. The number of aryl methyl sites for hydroxylation is 1. The van der Waals surface area contributed by atoms with Gasteiger partial charge in [-0.15, -0.1) is 0 Å². The first-order chi connectivity index (χ1) is 15.8. The Morgan fingerprint density at radius 3 is 2.72 bits per heavy atom. The van der Waals surface area contributed by atoms with Gasteiger partial charge in [0.25, 0.3) is 0 Å². The molecule has 0 bridgehead atoms. The van der Waals surface area contributed by atoms with Crippen molar-refractivity contribution in [2.45, 2.75) is 13.0 Å². The maximum Gasteiger partial charge on any atom is 0.137 e. The number of imidazole rings is 1. The van der Waals surface area contributed by atoms with Crippen molar-refractivity contribution in [3.05, 3.63) is 90.4 Å². The van der Waals surface area contributed by atoms with Gasteiger partial charge in [0.1, 0.15) is 5.65 Å². The Kier molecular flexibility index (Phi) is 4.71. The standard InChI is InChI=1S/C27H24N4O/c1-18-14-23(22-4-2-3-5-24(22)30-18)26-16-29-27-15-21(10-12-31(26)27)19-6-8-20(9-7-19)25-17-32-13-11-28-25/h2-10,12,14-16,25,28H,11,13,17H2,1H3. The molecular formula is C27H24N4O. The lowest BCUT2D eigenvalue weighted by Crippen LogP contribution is -2.34. The number of nitrogens with zero attached hydrogens (tertiary/aromatic N) is 3. The number of ether oxygens (including phenoxy) is 1. The predicted molar refractivity (Wildman–Crippen MR) is 128 cm³/mol. The molecule has 5 aromatic rings. The van der Waals surface area contributed by atoms with Gasteiger partial charge in [-0.25, -0.2) is 4.98 Å². The van der Waals surface area contributed by atoms with Gasteiger partial charge in [0, 0.05) is 29.4 Å². The summed E-state index contributed by atoms with van der Waals surface area (Å²) in [5.74, 6) is 0. The van der Waals surface area contributed by atoms with Gasteiger partial charge in [0.15, 0.2) is 0 Å². The molecule has 0 radical (unpaired) electrons. The molecule has 1 unspecified atom stereocenters. The van der Waals surface area contributed by atoms with Crippen molar-refractivity contribution in [3.8, 4) is 22.4 Å². The van der Waals surface area contributed by atoms with Crippen LogP contribution in [0.2, 0.25) is 0 Å². The number of rotatable bonds is 3. The highest BCUT2D eigenvalue weighted by Gasteiger charge is 2.15. The lowest BCUT2D eigenvalue weighted by Gasteiger charge is -2.24. The van der Waals surface area contributed by atoms with E-state index in [1.54, 1.807) is 0 Å². The van der Waals surface area contributed by atoms with Crippen molar-refractivity contribution in [2.24, 2.45) is 0 Å². The zero-order chi connectivity index (χ0) is 21.5. The van der Waals surface area contributed by atoms with Crippen LogP contribution in [0.1, 0.15) is 17.3 Å². The van der Waals surface area contributed by atoms with E-state index in [4.69, 9.17) is 9.72 Å². The first-order valence-electron chi connectivity index (χ1n) is 11.0.